The predicted molar refractivity (Wildman–Crippen MR) is 155 cm³/mol. The lowest BCUT2D eigenvalue weighted by molar-refractivity contribution is 0.0945. The van der Waals surface area contributed by atoms with E-state index in [0.29, 0.717) is 58.6 Å². The lowest BCUT2D eigenvalue weighted by atomic mass is 10.1. The molecular formula is C31H29FN6O4. The van der Waals surface area contributed by atoms with Crippen LogP contribution in [0.5, 0.6) is 11.5 Å². The van der Waals surface area contributed by atoms with Crippen molar-refractivity contribution in [3.63, 3.8) is 0 Å². The summed E-state index contributed by atoms with van der Waals surface area (Å²) in [6.45, 7) is 1.18. The van der Waals surface area contributed by atoms with Crippen molar-refractivity contribution < 1.29 is 23.4 Å². The maximum atomic E-state index is 13.9. The van der Waals surface area contributed by atoms with Crippen molar-refractivity contribution in [3.8, 4) is 28.8 Å². The van der Waals surface area contributed by atoms with Crippen LogP contribution in [-0.2, 0) is 18.0 Å². The van der Waals surface area contributed by atoms with Crippen molar-refractivity contribution >= 4 is 23.2 Å². The van der Waals surface area contributed by atoms with E-state index in [1.807, 2.05) is 18.2 Å². The van der Waals surface area contributed by atoms with E-state index < -0.39 is 5.82 Å². The van der Waals surface area contributed by atoms with E-state index in [9.17, 15) is 14.4 Å². The van der Waals surface area contributed by atoms with Gasteiger partial charge in [0.05, 0.1) is 31.0 Å². The van der Waals surface area contributed by atoms with Gasteiger partial charge in [-0.15, -0.1) is 0 Å². The SMILES string of the molecule is COc1cc(F)cc(C#N)c1COc1ccc2cc1COCCCCNC(=O)c1ccc(c(N)c1)-c1ccnc(n1)N2. The maximum absolute atomic E-state index is 13.9. The normalized spacial score (nSPS) is 13.5. The largest absolute Gasteiger partial charge is 0.496 e. The lowest BCUT2D eigenvalue weighted by Crippen LogP contribution is -2.24. The molecule has 0 atom stereocenters. The summed E-state index contributed by atoms with van der Waals surface area (Å²) in [5, 5.41) is 15.7. The summed E-state index contributed by atoms with van der Waals surface area (Å²) in [5.74, 6) is 0.333. The Balaban J connectivity index is 1.44. The molecule has 11 heteroatoms. The minimum absolute atomic E-state index is 0.0168. The number of methoxy groups -OCH3 is 1. The molecule has 1 aromatic heterocycles. The summed E-state index contributed by atoms with van der Waals surface area (Å²) in [5.41, 5.74) is 10.5. The summed E-state index contributed by atoms with van der Waals surface area (Å²) >= 11 is 0. The fourth-order valence-corrected chi connectivity index (χ4v) is 4.55. The highest BCUT2D eigenvalue weighted by Crippen LogP contribution is 2.31. The van der Waals surface area contributed by atoms with Crippen LogP contribution in [0.2, 0.25) is 0 Å². The average Bonchev–Trinajstić information content (AvgIpc) is 2.99. The van der Waals surface area contributed by atoms with Gasteiger partial charge in [0.15, 0.2) is 0 Å². The number of halogens is 1. The molecule has 3 heterocycles. The van der Waals surface area contributed by atoms with Crippen LogP contribution in [0.4, 0.5) is 21.7 Å². The maximum Gasteiger partial charge on any atom is 0.251 e. The molecule has 0 radical (unpaired) electrons. The molecule has 2 aliphatic heterocycles. The molecule has 1 amide bonds. The molecule has 6 bridgehead atoms. The van der Waals surface area contributed by atoms with Gasteiger partial charge in [-0.1, -0.05) is 0 Å². The summed E-state index contributed by atoms with van der Waals surface area (Å²) in [4.78, 5) is 21.6. The predicted octanol–water partition coefficient (Wildman–Crippen LogP) is 5.11. The van der Waals surface area contributed by atoms with E-state index >= 15 is 0 Å². The van der Waals surface area contributed by atoms with Gasteiger partial charge < -0.3 is 30.6 Å². The van der Waals surface area contributed by atoms with Crippen LogP contribution in [0.25, 0.3) is 11.3 Å². The van der Waals surface area contributed by atoms with E-state index in [0.717, 1.165) is 24.5 Å². The summed E-state index contributed by atoms with van der Waals surface area (Å²) < 4.78 is 31.3. The summed E-state index contributed by atoms with van der Waals surface area (Å²) in [7, 11) is 1.41. The number of anilines is 3. The first kappa shape index (κ1) is 28.3. The highest BCUT2D eigenvalue weighted by Gasteiger charge is 2.16. The zero-order valence-electron chi connectivity index (χ0n) is 22.9. The van der Waals surface area contributed by atoms with E-state index in [1.165, 1.54) is 13.2 Å². The number of nitrogens with two attached hydrogens (primary N) is 1. The fourth-order valence-electron chi connectivity index (χ4n) is 4.55. The third kappa shape index (κ3) is 6.56. The third-order valence-corrected chi connectivity index (χ3v) is 6.71. The van der Waals surface area contributed by atoms with Gasteiger partial charge in [0, 0.05) is 59.0 Å². The Labute approximate surface area is 242 Å². The Hall–Kier alpha value is -5.21. The average molecular weight is 569 g/mol. The van der Waals surface area contributed by atoms with Crippen LogP contribution in [0, 0.1) is 17.1 Å². The van der Waals surface area contributed by atoms with Crippen LogP contribution in [0.15, 0.2) is 60.8 Å². The van der Waals surface area contributed by atoms with Crippen molar-refractivity contribution in [1.29, 1.82) is 5.26 Å². The number of ether oxygens (including phenoxy) is 3. The lowest BCUT2D eigenvalue weighted by Gasteiger charge is -2.16. The molecule has 0 saturated heterocycles. The first-order valence-electron chi connectivity index (χ1n) is 13.3. The second kappa shape index (κ2) is 13.0. The fraction of sp³-hybridized carbons (Fsp3) is 0.226. The van der Waals surface area contributed by atoms with Gasteiger partial charge in [-0.3, -0.25) is 4.79 Å². The standard InChI is InChI=1S/C31H29FN6O4/c1-40-29-15-22(32)12-20(16-33)25(29)18-42-28-7-5-23-13-21(28)17-41-11-3-2-9-35-30(39)19-4-6-24(26(34)14-19)27-8-10-36-31(37-23)38-27/h4-8,10,12-15H,2-3,9,11,17-18,34H2,1H3,(H,35,39)(H,36,37,38). The van der Waals surface area contributed by atoms with Gasteiger partial charge in [0.1, 0.15) is 23.9 Å². The quantitative estimate of drug-likeness (QED) is 0.286. The number of nitrogens with zero attached hydrogens (tertiary/aromatic N) is 3. The molecular weight excluding hydrogens is 539 g/mol. The topological polar surface area (TPSA) is 144 Å². The molecule has 0 saturated carbocycles. The number of benzene rings is 3. The van der Waals surface area contributed by atoms with Crippen molar-refractivity contribution in [2.24, 2.45) is 0 Å². The Bertz CT molecular complexity index is 1660. The molecule has 0 unspecified atom stereocenters. The number of hydrogen-bond donors (Lipinski definition) is 3. The minimum Gasteiger partial charge on any atom is -0.496 e. The number of nitrogens with one attached hydrogen (secondary N) is 2. The molecule has 6 rings (SSSR count). The Morgan fingerprint density at radius 3 is 2.81 bits per heavy atom. The van der Waals surface area contributed by atoms with E-state index in [-0.39, 0.29) is 30.4 Å². The molecule has 0 spiro atoms. The Morgan fingerprint density at radius 2 is 2.00 bits per heavy atom. The molecule has 4 aromatic rings. The number of nitrogen functional groups attached to an aromatic ring is 1. The van der Waals surface area contributed by atoms with Gasteiger partial charge in [-0.25, -0.2) is 14.4 Å². The van der Waals surface area contributed by atoms with Crippen LogP contribution >= 0.6 is 0 Å². The van der Waals surface area contributed by atoms with Gasteiger partial charge in [-0.05, 0) is 61.4 Å². The molecule has 0 aliphatic carbocycles. The van der Waals surface area contributed by atoms with Crippen LogP contribution in [-0.4, -0.2) is 36.1 Å². The molecule has 3 aromatic carbocycles. The van der Waals surface area contributed by atoms with E-state index in [2.05, 4.69) is 20.6 Å². The number of carbonyl (C=O) groups excluding carboxylic acids is 1. The molecule has 2 aliphatic rings. The van der Waals surface area contributed by atoms with Crippen molar-refractivity contribution in [1.82, 2.24) is 15.3 Å². The Morgan fingerprint density at radius 1 is 1.12 bits per heavy atom. The van der Waals surface area contributed by atoms with E-state index in [4.69, 9.17) is 19.9 Å². The summed E-state index contributed by atoms with van der Waals surface area (Å²) in [6.07, 6.45) is 3.08. The Kier molecular flexibility index (Phi) is 8.75. The van der Waals surface area contributed by atoms with E-state index in [1.54, 1.807) is 36.5 Å². The second-order valence-corrected chi connectivity index (χ2v) is 9.57. The minimum atomic E-state index is -0.566. The van der Waals surface area contributed by atoms with Crippen LogP contribution < -0.4 is 25.8 Å². The van der Waals surface area contributed by atoms with Crippen LogP contribution in [0.1, 0.15) is 39.9 Å². The molecule has 42 heavy (non-hydrogen) atoms. The number of carbonyl (C=O) groups is 1. The number of amides is 1. The summed E-state index contributed by atoms with van der Waals surface area (Å²) in [6, 6.07) is 16.7. The highest BCUT2D eigenvalue weighted by atomic mass is 19.1. The first-order chi connectivity index (χ1) is 20.4. The number of rotatable bonds is 4. The first-order valence-corrected chi connectivity index (χ1v) is 13.3. The molecule has 214 valence electrons. The third-order valence-electron chi connectivity index (χ3n) is 6.71. The van der Waals surface area contributed by atoms with Crippen molar-refractivity contribution in [3.05, 3.63) is 88.9 Å². The molecule has 10 nitrogen and oxygen atoms in total. The molecule has 4 N–H and O–H groups in total. The van der Waals surface area contributed by atoms with Gasteiger partial charge in [-0.2, -0.15) is 5.26 Å². The van der Waals surface area contributed by atoms with Crippen LogP contribution in [0.3, 0.4) is 0 Å². The number of nitriles is 1. The monoisotopic (exact) mass is 568 g/mol. The van der Waals surface area contributed by atoms with Gasteiger partial charge in [0.25, 0.3) is 5.91 Å². The number of aromatic nitrogens is 2. The zero-order valence-corrected chi connectivity index (χ0v) is 22.9. The second-order valence-electron chi connectivity index (χ2n) is 9.57. The molecule has 0 fully saturated rings. The van der Waals surface area contributed by atoms with Crippen molar-refractivity contribution in [2.75, 3.05) is 31.3 Å². The number of fused-ring (bicyclic) bond motifs is 9. The highest BCUT2D eigenvalue weighted by molar-refractivity contribution is 5.96. The number of hydrogen-bond acceptors (Lipinski definition) is 9. The zero-order chi connectivity index (χ0) is 29.5. The van der Waals surface area contributed by atoms with Crippen molar-refractivity contribution in [2.45, 2.75) is 26.1 Å². The van der Waals surface area contributed by atoms with Gasteiger partial charge in [0.2, 0.25) is 5.95 Å². The van der Waals surface area contributed by atoms with Gasteiger partial charge >= 0.3 is 0 Å². The smallest absolute Gasteiger partial charge is 0.251 e.